The molecule has 1 aromatic heterocycles. The number of aromatic nitrogens is 1. The molecular weight excluding hydrogens is 410 g/mol. The van der Waals surface area contributed by atoms with Gasteiger partial charge in [-0.2, -0.15) is 0 Å². The van der Waals surface area contributed by atoms with E-state index in [1.807, 2.05) is 54.6 Å². The summed E-state index contributed by atoms with van der Waals surface area (Å²) >= 11 is 6.29. The summed E-state index contributed by atoms with van der Waals surface area (Å²) in [6.07, 6.45) is 4.50. The van der Waals surface area contributed by atoms with Gasteiger partial charge in [0.1, 0.15) is 5.75 Å². The van der Waals surface area contributed by atoms with Gasteiger partial charge in [0.25, 0.3) is 0 Å². The van der Waals surface area contributed by atoms with E-state index < -0.39 is 18.1 Å². The zero-order valence-electron chi connectivity index (χ0n) is 17.1. The van der Waals surface area contributed by atoms with Crippen LogP contribution in [0.5, 0.6) is 5.75 Å². The highest BCUT2D eigenvalue weighted by Gasteiger charge is 2.25. The smallest absolute Gasteiger partial charge is 0.117 e. The number of nitrogens with zero attached hydrogens (tertiary/aromatic N) is 1. The Bertz CT molecular complexity index is 1020. The molecule has 0 radical (unpaired) electrons. The fraction of sp³-hybridized carbons (Fsp3) is 0.192. The Morgan fingerprint density at radius 3 is 2.42 bits per heavy atom. The van der Waals surface area contributed by atoms with E-state index in [-0.39, 0.29) is 5.75 Å². The summed E-state index contributed by atoms with van der Waals surface area (Å²) in [5, 5.41) is 31.6. The van der Waals surface area contributed by atoms with Crippen LogP contribution >= 0.6 is 11.6 Å². The molecule has 0 fully saturated rings. The Kier molecular flexibility index (Phi) is 8.01. The molecule has 3 aromatic rings. The number of aliphatic hydroxyl groups is 2. The van der Waals surface area contributed by atoms with Gasteiger partial charge in [0, 0.05) is 12.1 Å². The fourth-order valence-corrected chi connectivity index (χ4v) is 3.74. The number of phenolic OH excluding ortho intramolecular Hbond substituents is 1. The molecular formula is C26H26ClNO3. The summed E-state index contributed by atoms with van der Waals surface area (Å²) in [4.78, 5) is 4.44. The lowest BCUT2D eigenvalue weighted by Gasteiger charge is -2.25. The Balaban J connectivity index is 1.81. The van der Waals surface area contributed by atoms with E-state index >= 15 is 0 Å². The first-order valence-corrected chi connectivity index (χ1v) is 10.5. The van der Waals surface area contributed by atoms with Gasteiger partial charge in [0.15, 0.2) is 0 Å². The van der Waals surface area contributed by atoms with Crippen LogP contribution in [0.3, 0.4) is 0 Å². The van der Waals surface area contributed by atoms with Gasteiger partial charge >= 0.3 is 0 Å². The molecule has 0 saturated heterocycles. The molecule has 0 aliphatic heterocycles. The molecule has 5 heteroatoms. The van der Waals surface area contributed by atoms with Crippen molar-refractivity contribution >= 4 is 23.3 Å². The highest BCUT2D eigenvalue weighted by atomic mass is 35.5. The first kappa shape index (κ1) is 22.8. The fourth-order valence-electron chi connectivity index (χ4n) is 3.51. The van der Waals surface area contributed by atoms with Gasteiger partial charge in [-0.25, -0.2) is 0 Å². The van der Waals surface area contributed by atoms with Crippen LogP contribution in [0.25, 0.3) is 11.6 Å². The first-order valence-electron chi connectivity index (χ1n) is 10.1. The molecule has 31 heavy (non-hydrogen) atoms. The standard InChI is InChI=1S/C26H26ClNO3/c1-2-22(26(31)18-8-4-3-5-9-18)25(30)14-12-20(24-10-6-7-15-28-24)16-19-11-13-21(29)17-23(19)27/h2-11,13,15-17,22,25-26,29-31H,1,12,14H2/b20-16-/t22-,25-,26-/m1/s1. The molecule has 3 atom stereocenters. The Hall–Kier alpha value is -2.92. The van der Waals surface area contributed by atoms with Crippen LogP contribution in [-0.4, -0.2) is 26.4 Å². The molecule has 2 aromatic carbocycles. The van der Waals surface area contributed by atoms with E-state index in [2.05, 4.69) is 11.6 Å². The third kappa shape index (κ3) is 6.05. The van der Waals surface area contributed by atoms with Crippen LogP contribution in [0, 0.1) is 5.92 Å². The molecule has 0 amide bonds. The van der Waals surface area contributed by atoms with Gasteiger partial charge in [-0.15, -0.1) is 6.58 Å². The number of halogens is 1. The average molecular weight is 436 g/mol. The van der Waals surface area contributed by atoms with E-state index in [1.54, 1.807) is 24.4 Å². The quantitative estimate of drug-likeness (QED) is 0.379. The van der Waals surface area contributed by atoms with E-state index in [1.165, 1.54) is 6.07 Å². The van der Waals surface area contributed by atoms with E-state index in [9.17, 15) is 15.3 Å². The number of allylic oxidation sites excluding steroid dienone is 1. The predicted molar refractivity (Wildman–Crippen MR) is 126 cm³/mol. The Morgan fingerprint density at radius 1 is 1.03 bits per heavy atom. The molecule has 0 aliphatic carbocycles. The Labute approximate surface area is 187 Å². The molecule has 4 nitrogen and oxygen atoms in total. The SMILES string of the molecule is C=C[C@H]([C@H](O)CC/C(=C/c1ccc(O)cc1Cl)c1ccccn1)[C@H](O)c1ccccc1. The van der Waals surface area contributed by atoms with Gasteiger partial charge in [-0.05, 0) is 65.9 Å². The summed E-state index contributed by atoms with van der Waals surface area (Å²) < 4.78 is 0. The second-order valence-electron chi connectivity index (χ2n) is 7.36. The summed E-state index contributed by atoms with van der Waals surface area (Å²) in [6.45, 7) is 3.81. The minimum atomic E-state index is -0.845. The summed E-state index contributed by atoms with van der Waals surface area (Å²) in [5.74, 6) is -0.412. The van der Waals surface area contributed by atoms with Crippen molar-refractivity contribution < 1.29 is 15.3 Å². The number of rotatable bonds is 9. The maximum absolute atomic E-state index is 10.9. The molecule has 160 valence electrons. The van der Waals surface area contributed by atoms with E-state index in [4.69, 9.17) is 11.6 Å². The lowest BCUT2D eigenvalue weighted by molar-refractivity contribution is 0.0325. The number of aromatic hydroxyl groups is 1. The summed E-state index contributed by atoms with van der Waals surface area (Å²) in [7, 11) is 0. The second kappa shape index (κ2) is 10.9. The van der Waals surface area contributed by atoms with Gasteiger partial charge in [-0.3, -0.25) is 4.98 Å². The normalized spacial score (nSPS) is 14.6. The molecule has 3 N–H and O–H groups in total. The number of aliphatic hydroxyl groups excluding tert-OH is 2. The van der Waals surface area contributed by atoms with Gasteiger partial charge in [0.2, 0.25) is 0 Å². The first-order chi connectivity index (χ1) is 15.0. The number of phenols is 1. The Morgan fingerprint density at radius 2 is 1.77 bits per heavy atom. The number of benzene rings is 2. The lowest BCUT2D eigenvalue weighted by atomic mass is 9.87. The third-order valence-corrected chi connectivity index (χ3v) is 5.57. The summed E-state index contributed by atoms with van der Waals surface area (Å²) in [5.41, 5.74) is 3.16. The van der Waals surface area contributed by atoms with Crippen LogP contribution in [0.15, 0.2) is 85.6 Å². The highest BCUT2D eigenvalue weighted by Crippen LogP contribution is 2.31. The molecule has 0 unspecified atom stereocenters. The van der Waals surface area contributed by atoms with Crippen molar-refractivity contribution in [2.75, 3.05) is 0 Å². The summed E-state index contributed by atoms with van der Waals surface area (Å²) in [6, 6.07) is 19.7. The minimum absolute atomic E-state index is 0.0979. The van der Waals surface area contributed by atoms with Crippen molar-refractivity contribution in [3.63, 3.8) is 0 Å². The predicted octanol–water partition coefficient (Wildman–Crippen LogP) is 5.66. The van der Waals surface area contributed by atoms with Gasteiger partial charge in [-0.1, -0.05) is 54.1 Å². The van der Waals surface area contributed by atoms with Crippen molar-refractivity contribution in [3.05, 3.63) is 107 Å². The topological polar surface area (TPSA) is 73.6 Å². The third-order valence-electron chi connectivity index (χ3n) is 5.24. The largest absolute Gasteiger partial charge is 0.508 e. The number of pyridine rings is 1. The molecule has 3 rings (SSSR count). The zero-order valence-corrected chi connectivity index (χ0v) is 17.9. The van der Waals surface area contributed by atoms with Crippen molar-refractivity contribution in [2.24, 2.45) is 5.92 Å². The zero-order chi connectivity index (χ0) is 22.2. The van der Waals surface area contributed by atoms with Crippen molar-refractivity contribution in [3.8, 4) is 5.75 Å². The van der Waals surface area contributed by atoms with Crippen LogP contribution in [-0.2, 0) is 0 Å². The van der Waals surface area contributed by atoms with Crippen LogP contribution < -0.4 is 0 Å². The van der Waals surface area contributed by atoms with Gasteiger partial charge in [0.05, 0.1) is 22.9 Å². The number of hydrogen-bond acceptors (Lipinski definition) is 4. The molecule has 0 bridgehead atoms. The second-order valence-corrected chi connectivity index (χ2v) is 7.77. The van der Waals surface area contributed by atoms with Crippen LogP contribution in [0.2, 0.25) is 5.02 Å². The highest BCUT2D eigenvalue weighted by molar-refractivity contribution is 6.32. The number of hydrogen-bond donors (Lipinski definition) is 3. The maximum Gasteiger partial charge on any atom is 0.117 e. The maximum atomic E-state index is 10.9. The molecule has 0 aliphatic rings. The van der Waals surface area contributed by atoms with Crippen molar-refractivity contribution in [1.29, 1.82) is 0 Å². The lowest BCUT2D eigenvalue weighted by Crippen LogP contribution is -2.25. The monoisotopic (exact) mass is 435 g/mol. The van der Waals surface area contributed by atoms with E-state index in [0.717, 1.165) is 22.4 Å². The molecule has 1 heterocycles. The minimum Gasteiger partial charge on any atom is -0.508 e. The van der Waals surface area contributed by atoms with Crippen molar-refractivity contribution in [2.45, 2.75) is 25.0 Å². The van der Waals surface area contributed by atoms with Crippen LogP contribution in [0.1, 0.15) is 35.8 Å². The molecule has 0 spiro atoms. The van der Waals surface area contributed by atoms with Gasteiger partial charge < -0.3 is 15.3 Å². The van der Waals surface area contributed by atoms with Crippen molar-refractivity contribution in [1.82, 2.24) is 4.98 Å². The average Bonchev–Trinajstić information content (AvgIpc) is 2.79. The van der Waals surface area contributed by atoms with E-state index in [0.29, 0.717) is 17.9 Å². The van der Waals surface area contributed by atoms with Crippen LogP contribution in [0.4, 0.5) is 0 Å². The molecule has 0 saturated carbocycles.